The first-order valence-electron chi connectivity index (χ1n) is 31.9. The zero-order chi connectivity index (χ0) is 58.8. The number of unbranched alkanes of at least 4 members (excludes halogenated alkanes) is 22. The van der Waals surface area contributed by atoms with Crippen molar-refractivity contribution in [1.82, 2.24) is 4.90 Å². The number of imide groups is 1. The van der Waals surface area contributed by atoms with Crippen LogP contribution in [0.4, 0.5) is 0 Å². The van der Waals surface area contributed by atoms with E-state index in [0.29, 0.717) is 138 Å². The standard InChI is InChI=1S/C63H119NO17/c1-3-5-7-9-11-13-15-17-19-21-23-25-27-29-31-33-61(68)64(62(69)34-32-30-28-26-24-22-20-18-16-14-12-10-8-6-4-2)59(57-66)63(70)60(67)58-81-56-55-80-54-53-79-52-51-78-50-49-77-48-47-76-46-45-75-44-43-74-42-41-73-40-39-72-38-37-71-36-35-65/h17-20,59-60,65-67H,3-16,21-58H2,1-2H3/t59-,60?/m0/s1. The minimum Gasteiger partial charge on any atom is -0.394 e. The predicted molar refractivity (Wildman–Crippen MR) is 319 cm³/mol. The Hall–Kier alpha value is -2.27. The van der Waals surface area contributed by atoms with Gasteiger partial charge in [0.25, 0.3) is 0 Å². The van der Waals surface area contributed by atoms with Gasteiger partial charge in [0.1, 0.15) is 12.1 Å². The van der Waals surface area contributed by atoms with Crippen LogP contribution in [0.1, 0.15) is 194 Å². The zero-order valence-corrected chi connectivity index (χ0v) is 51.2. The van der Waals surface area contributed by atoms with E-state index in [-0.39, 0.29) is 39.3 Å². The Bertz CT molecular complexity index is 1320. The van der Waals surface area contributed by atoms with Gasteiger partial charge in [-0.1, -0.05) is 141 Å². The monoisotopic (exact) mass is 1160 g/mol. The molecule has 478 valence electrons. The summed E-state index contributed by atoms with van der Waals surface area (Å²) in [7, 11) is 0. The molecule has 0 spiro atoms. The van der Waals surface area contributed by atoms with Gasteiger partial charge in [-0.3, -0.25) is 19.3 Å². The molecule has 0 saturated carbocycles. The molecule has 0 bridgehead atoms. The number of hydrogen-bond donors (Lipinski definition) is 3. The zero-order valence-electron chi connectivity index (χ0n) is 51.2. The number of ether oxygens (including phenoxy) is 11. The third-order valence-electron chi connectivity index (χ3n) is 13.2. The third kappa shape index (κ3) is 56.6. The lowest BCUT2D eigenvalue weighted by atomic mass is 10.0. The van der Waals surface area contributed by atoms with E-state index in [1.165, 1.54) is 77.0 Å². The number of rotatable bonds is 68. The number of carbonyl (C=O) groups excluding carboxylic acids is 3. The first-order valence-corrected chi connectivity index (χ1v) is 31.9. The van der Waals surface area contributed by atoms with E-state index in [2.05, 4.69) is 38.2 Å². The predicted octanol–water partition coefficient (Wildman–Crippen LogP) is 9.88. The quantitative estimate of drug-likeness (QED) is 0.0381. The topological polar surface area (TPSA) is 217 Å². The molecule has 1 unspecified atom stereocenters. The highest BCUT2D eigenvalue weighted by molar-refractivity contribution is 6.02. The lowest BCUT2D eigenvalue weighted by molar-refractivity contribution is -0.156. The summed E-state index contributed by atoms with van der Waals surface area (Å²) in [5.74, 6) is -1.80. The molecule has 0 saturated heterocycles. The Labute approximate surface area is 491 Å². The van der Waals surface area contributed by atoms with Crippen molar-refractivity contribution in [3.63, 3.8) is 0 Å². The van der Waals surface area contributed by atoms with Gasteiger partial charge < -0.3 is 67.4 Å². The molecule has 2 amide bonds. The molecule has 0 heterocycles. The molecule has 0 fully saturated rings. The number of ketones is 1. The van der Waals surface area contributed by atoms with Crippen molar-refractivity contribution in [2.24, 2.45) is 0 Å². The highest BCUT2D eigenvalue weighted by Gasteiger charge is 2.36. The van der Waals surface area contributed by atoms with Crippen molar-refractivity contribution in [2.45, 2.75) is 206 Å². The van der Waals surface area contributed by atoms with E-state index in [4.69, 9.17) is 57.2 Å². The minimum absolute atomic E-state index is 0.00981. The number of hydrogen-bond acceptors (Lipinski definition) is 17. The summed E-state index contributed by atoms with van der Waals surface area (Å²) >= 11 is 0. The SMILES string of the molecule is CCCCCCCCC=CCCCCCCCC(=O)N(C(=O)CCCCCCCC=CCCCCCCCC)[C@@H](CO)C(=O)C(O)COCCOCCOCCOCCOCCOCCOCCOCCOCCOCCOCCO. The first kappa shape index (κ1) is 78.7. The number of amides is 2. The number of carbonyl (C=O) groups is 3. The third-order valence-corrected chi connectivity index (χ3v) is 13.2. The van der Waals surface area contributed by atoms with Crippen molar-refractivity contribution in [1.29, 1.82) is 0 Å². The maximum absolute atomic E-state index is 13.7. The number of allylic oxidation sites excluding steroid dienone is 4. The molecule has 0 aromatic carbocycles. The second kappa shape index (κ2) is 66.9. The van der Waals surface area contributed by atoms with Gasteiger partial charge in [0.15, 0.2) is 5.78 Å². The molecule has 0 radical (unpaired) electrons. The average Bonchev–Trinajstić information content (AvgIpc) is 3.49. The summed E-state index contributed by atoms with van der Waals surface area (Å²) in [6.07, 6.45) is 36.9. The molecule has 0 aromatic rings. The summed E-state index contributed by atoms with van der Waals surface area (Å²) < 4.78 is 60.0. The van der Waals surface area contributed by atoms with Crippen LogP contribution < -0.4 is 0 Å². The molecule has 0 aliphatic rings. The van der Waals surface area contributed by atoms with Crippen molar-refractivity contribution in [3.8, 4) is 0 Å². The van der Waals surface area contributed by atoms with Crippen molar-refractivity contribution < 1.29 is 81.8 Å². The molecular formula is C63H119NO17. The fourth-order valence-corrected chi connectivity index (χ4v) is 8.48. The van der Waals surface area contributed by atoms with E-state index in [0.717, 1.165) is 81.9 Å². The number of aliphatic hydroxyl groups is 3. The Morgan fingerprint density at radius 1 is 0.346 bits per heavy atom. The summed E-state index contributed by atoms with van der Waals surface area (Å²) in [6.45, 7) is 11.9. The Kier molecular flexibility index (Phi) is 65.0. The molecule has 0 rings (SSSR count). The molecule has 0 aliphatic heterocycles. The molecule has 18 heteroatoms. The summed E-state index contributed by atoms with van der Waals surface area (Å²) in [5, 5.41) is 29.9. The van der Waals surface area contributed by atoms with Crippen LogP contribution in [0.2, 0.25) is 0 Å². The molecule has 3 N–H and O–H groups in total. The number of nitrogens with zero attached hydrogens (tertiary/aromatic N) is 1. The van der Waals surface area contributed by atoms with Gasteiger partial charge in [0.2, 0.25) is 11.8 Å². The molecule has 81 heavy (non-hydrogen) atoms. The number of Topliss-reactive ketones (excluding diaryl/α,β-unsaturated/α-hetero) is 1. The highest BCUT2D eigenvalue weighted by Crippen LogP contribution is 2.17. The molecule has 0 aliphatic carbocycles. The van der Waals surface area contributed by atoms with Gasteiger partial charge in [-0.25, -0.2) is 0 Å². The van der Waals surface area contributed by atoms with Crippen LogP contribution in [0.25, 0.3) is 0 Å². The van der Waals surface area contributed by atoms with Gasteiger partial charge in [-0.15, -0.1) is 0 Å². The van der Waals surface area contributed by atoms with E-state index < -0.39 is 36.4 Å². The smallest absolute Gasteiger partial charge is 0.229 e. The van der Waals surface area contributed by atoms with Crippen LogP contribution in [-0.2, 0) is 66.5 Å². The first-order chi connectivity index (χ1) is 39.9. The number of aliphatic hydroxyl groups excluding tert-OH is 3. The van der Waals surface area contributed by atoms with Gasteiger partial charge >= 0.3 is 0 Å². The average molecular weight is 1160 g/mol. The van der Waals surface area contributed by atoms with Crippen LogP contribution in [0.3, 0.4) is 0 Å². The maximum atomic E-state index is 13.7. The Morgan fingerprint density at radius 3 is 0.864 bits per heavy atom. The minimum atomic E-state index is -1.64. The van der Waals surface area contributed by atoms with Gasteiger partial charge in [-0.2, -0.15) is 0 Å². The lowest BCUT2D eigenvalue weighted by Gasteiger charge is -2.29. The fourth-order valence-electron chi connectivity index (χ4n) is 8.48. The fraction of sp³-hybridized carbons (Fsp3) is 0.889. The summed E-state index contributed by atoms with van der Waals surface area (Å²) in [6, 6.07) is -1.49. The van der Waals surface area contributed by atoms with Gasteiger partial charge in [-0.05, 0) is 64.2 Å². The normalized spacial score (nSPS) is 12.6. The van der Waals surface area contributed by atoms with Crippen molar-refractivity contribution in [2.75, 3.05) is 159 Å². The largest absolute Gasteiger partial charge is 0.394 e. The molecule has 2 atom stereocenters. The van der Waals surface area contributed by atoms with Gasteiger partial charge in [0, 0.05) is 12.8 Å². The van der Waals surface area contributed by atoms with Crippen LogP contribution in [-0.4, -0.2) is 209 Å². The van der Waals surface area contributed by atoms with Crippen LogP contribution >= 0.6 is 0 Å². The molecular weight excluding hydrogens is 1040 g/mol. The van der Waals surface area contributed by atoms with E-state index in [1.54, 1.807) is 0 Å². The highest BCUT2D eigenvalue weighted by atomic mass is 16.6. The van der Waals surface area contributed by atoms with Gasteiger partial charge in [0.05, 0.1) is 159 Å². The maximum Gasteiger partial charge on any atom is 0.229 e. The van der Waals surface area contributed by atoms with Crippen LogP contribution in [0.5, 0.6) is 0 Å². The van der Waals surface area contributed by atoms with E-state index in [9.17, 15) is 24.6 Å². The second-order valence-corrected chi connectivity index (χ2v) is 20.4. The second-order valence-electron chi connectivity index (χ2n) is 20.4. The van der Waals surface area contributed by atoms with E-state index >= 15 is 0 Å². The van der Waals surface area contributed by atoms with Crippen molar-refractivity contribution >= 4 is 17.6 Å². The molecule has 18 nitrogen and oxygen atoms in total. The summed E-state index contributed by atoms with van der Waals surface area (Å²) in [4.78, 5) is 41.8. The molecule has 0 aromatic heterocycles. The Morgan fingerprint density at radius 2 is 0.593 bits per heavy atom. The Balaban J connectivity index is 4.33. The van der Waals surface area contributed by atoms with Crippen molar-refractivity contribution in [3.05, 3.63) is 24.3 Å². The lowest BCUT2D eigenvalue weighted by Crippen LogP contribution is -2.54. The van der Waals surface area contributed by atoms with Crippen LogP contribution in [0, 0.1) is 0 Å². The van der Waals surface area contributed by atoms with E-state index in [1.807, 2.05) is 0 Å². The van der Waals surface area contributed by atoms with Crippen LogP contribution in [0.15, 0.2) is 24.3 Å². The summed E-state index contributed by atoms with van der Waals surface area (Å²) in [5.41, 5.74) is 0.